The van der Waals surface area contributed by atoms with Crippen molar-refractivity contribution in [3.05, 3.63) is 64.7 Å². The highest BCUT2D eigenvalue weighted by Gasteiger charge is 2.14. The average molecular weight is 231 g/mol. The predicted octanol–water partition coefficient (Wildman–Crippen LogP) is 2.92. The van der Waals surface area contributed by atoms with Gasteiger partial charge in [-0.25, -0.2) is 4.39 Å². The maximum Gasteiger partial charge on any atom is 0.123 e. The second kappa shape index (κ2) is 4.63. The monoisotopic (exact) mass is 231 g/mol. The van der Waals surface area contributed by atoms with E-state index in [-0.39, 0.29) is 5.82 Å². The van der Waals surface area contributed by atoms with E-state index in [4.69, 9.17) is 0 Å². The molecule has 0 aliphatic rings. The standard InChI is InChI=1S/C14H14FNO/c1-9-5-11(8-16-7-9)14(17)13-6-12(15)4-3-10(13)2/h3-8,14,17H,1-2H3. The van der Waals surface area contributed by atoms with E-state index in [1.165, 1.54) is 12.1 Å². The van der Waals surface area contributed by atoms with Crippen molar-refractivity contribution in [1.82, 2.24) is 4.98 Å². The van der Waals surface area contributed by atoms with Crippen LogP contribution in [0.1, 0.15) is 28.4 Å². The highest BCUT2D eigenvalue weighted by Crippen LogP contribution is 2.25. The maximum atomic E-state index is 13.2. The van der Waals surface area contributed by atoms with Crippen molar-refractivity contribution in [3.63, 3.8) is 0 Å². The Morgan fingerprint density at radius 2 is 1.94 bits per heavy atom. The van der Waals surface area contributed by atoms with Gasteiger partial charge in [-0.3, -0.25) is 4.98 Å². The highest BCUT2D eigenvalue weighted by molar-refractivity contribution is 5.35. The molecule has 1 heterocycles. The van der Waals surface area contributed by atoms with Gasteiger partial charge in [0.2, 0.25) is 0 Å². The number of rotatable bonds is 2. The van der Waals surface area contributed by atoms with Crippen molar-refractivity contribution < 1.29 is 9.50 Å². The molecule has 0 fully saturated rings. The molecular formula is C14H14FNO. The molecule has 1 N–H and O–H groups in total. The van der Waals surface area contributed by atoms with Crippen molar-refractivity contribution >= 4 is 0 Å². The van der Waals surface area contributed by atoms with Gasteiger partial charge in [0.25, 0.3) is 0 Å². The number of nitrogens with zero attached hydrogens (tertiary/aromatic N) is 1. The Morgan fingerprint density at radius 1 is 1.18 bits per heavy atom. The van der Waals surface area contributed by atoms with Crippen LogP contribution in [0, 0.1) is 19.7 Å². The van der Waals surface area contributed by atoms with Crippen LogP contribution in [0.15, 0.2) is 36.7 Å². The van der Waals surface area contributed by atoms with Gasteiger partial charge in [-0.05, 0) is 42.7 Å². The van der Waals surface area contributed by atoms with Gasteiger partial charge in [0, 0.05) is 18.0 Å². The first-order valence-corrected chi connectivity index (χ1v) is 5.43. The first-order chi connectivity index (χ1) is 8.08. The summed E-state index contributed by atoms with van der Waals surface area (Å²) in [5.41, 5.74) is 3.09. The van der Waals surface area contributed by atoms with Crippen molar-refractivity contribution in [2.45, 2.75) is 20.0 Å². The van der Waals surface area contributed by atoms with Gasteiger partial charge >= 0.3 is 0 Å². The lowest BCUT2D eigenvalue weighted by Crippen LogP contribution is -2.03. The van der Waals surface area contributed by atoms with Crippen LogP contribution in [0.2, 0.25) is 0 Å². The summed E-state index contributed by atoms with van der Waals surface area (Å²) in [4.78, 5) is 4.03. The lowest BCUT2D eigenvalue weighted by atomic mass is 9.98. The van der Waals surface area contributed by atoms with Gasteiger partial charge < -0.3 is 5.11 Å². The van der Waals surface area contributed by atoms with Crippen molar-refractivity contribution in [2.75, 3.05) is 0 Å². The number of aliphatic hydroxyl groups excluding tert-OH is 1. The van der Waals surface area contributed by atoms with Crippen molar-refractivity contribution in [2.24, 2.45) is 0 Å². The molecule has 1 unspecified atom stereocenters. The zero-order chi connectivity index (χ0) is 12.4. The summed E-state index contributed by atoms with van der Waals surface area (Å²) in [6.45, 7) is 3.75. The minimum Gasteiger partial charge on any atom is -0.384 e. The number of pyridine rings is 1. The smallest absolute Gasteiger partial charge is 0.123 e. The molecule has 0 saturated carbocycles. The van der Waals surface area contributed by atoms with Gasteiger partial charge in [0.05, 0.1) is 0 Å². The van der Waals surface area contributed by atoms with Crippen molar-refractivity contribution in [1.29, 1.82) is 0 Å². The number of hydrogen-bond donors (Lipinski definition) is 1. The van der Waals surface area contributed by atoms with Crippen LogP contribution in [0.25, 0.3) is 0 Å². The average Bonchev–Trinajstić information content (AvgIpc) is 2.31. The molecule has 2 aromatic rings. The fraction of sp³-hybridized carbons (Fsp3) is 0.214. The SMILES string of the molecule is Cc1cncc(C(O)c2cc(F)ccc2C)c1. The molecule has 0 spiro atoms. The first kappa shape index (κ1) is 11.7. The normalized spacial score (nSPS) is 12.5. The molecule has 0 bridgehead atoms. The van der Waals surface area contributed by atoms with E-state index < -0.39 is 6.10 Å². The summed E-state index contributed by atoms with van der Waals surface area (Å²) in [5, 5.41) is 10.2. The van der Waals surface area contributed by atoms with Gasteiger partial charge in [-0.1, -0.05) is 12.1 Å². The van der Waals surface area contributed by atoms with E-state index in [2.05, 4.69) is 4.98 Å². The molecule has 0 aliphatic heterocycles. The number of benzene rings is 1. The molecule has 0 amide bonds. The van der Waals surface area contributed by atoms with E-state index in [9.17, 15) is 9.50 Å². The minimum absolute atomic E-state index is 0.342. The van der Waals surface area contributed by atoms with E-state index in [0.717, 1.165) is 11.1 Å². The Balaban J connectivity index is 2.43. The Hall–Kier alpha value is -1.74. The van der Waals surface area contributed by atoms with Gasteiger partial charge in [0.15, 0.2) is 0 Å². The lowest BCUT2D eigenvalue weighted by molar-refractivity contribution is 0.218. The zero-order valence-corrected chi connectivity index (χ0v) is 9.81. The van der Waals surface area contributed by atoms with Gasteiger partial charge in [0.1, 0.15) is 11.9 Å². The summed E-state index contributed by atoms with van der Waals surface area (Å²) in [6, 6.07) is 6.27. The number of aromatic nitrogens is 1. The Bertz CT molecular complexity index is 539. The third kappa shape index (κ3) is 2.50. The number of halogens is 1. The van der Waals surface area contributed by atoms with E-state index in [1.54, 1.807) is 18.5 Å². The summed E-state index contributed by atoms with van der Waals surface area (Å²) in [6.07, 6.45) is 2.48. The summed E-state index contributed by atoms with van der Waals surface area (Å²) < 4.78 is 13.2. The van der Waals surface area contributed by atoms with Gasteiger partial charge in [-0.2, -0.15) is 0 Å². The van der Waals surface area contributed by atoms with Crippen LogP contribution in [-0.2, 0) is 0 Å². The molecule has 88 valence electrons. The first-order valence-electron chi connectivity index (χ1n) is 5.43. The van der Waals surface area contributed by atoms with Crippen LogP contribution in [0.5, 0.6) is 0 Å². The molecule has 0 saturated heterocycles. The molecule has 17 heavy (non-hydrogen) atoms. The molecule has 2 nitrogen and oxygen atoms in total. The Morgan fingerprint density at radius 3 is 2.65 bits per heavy atom. The summed E-state index contributed by atoms with van der Waals surface area (Å²) in [7, 11) is 0. The molecule has 1 aromatic heterocycles. The van der Waals surface area contributed by atoms with Crippen LogP contribution in [0.4, 0.5) is 4.39 Å². The number of aryl methyl sites for hydroxylation is 2. The van der Waals surface area contributed by atoms with E-state index >= 15 is 0 Å². The Labute approximate surface area is 99.8 Å². The van der Waals surface area contributed by atoms with Crippen LogP contribution in [-0.4, -0.2) is 10.1 Å². The number of aliphatic hydroxyl groups is 1. The third-order valence-corrected chi connectivity index (χ3v) is 2.75. The number of hydrogen-bond acceptors (Lipinski definition) is 2. The highest BCUT2D eigenvalue weighted by atomic mass is 19.1. The molecule has 2 rings (SSSR count). The third-order valence-electron chi connectivity index (χ3n) is 2.75. The quantitative estimate of drug-likeness (QED) is 0.862. The fourth-order valence-electron chi connectivity index (χ4n) is 1.81. The molecule has 0 radical (unpaired) electrons. The summed E-state index contributed by atoms with van der Waals surface area (Å²) in [5.74, 6) is -0.342. The zero-order valence-electron chi connectivity index (χ0n) is 9.81. The predicted molar refractivity (Wildman–Crippen MR) is 64.2 cm³/mol. The molecule has 1 aromatic carbocycles. The Kier molecular flexibility index (Phi) is 3.20. The molecule has 3 heteroatoms. The molecular weight excluding hydrogens is 217 g/mol. The van der Waals surface area contributed by atoms with Crippen LogP contribution < -0.4 is 0 Å². The van der Waals surface area contributed by atoms with Crippen LogP contribution in [0.3, 0.4) is 0 Å². The lowest BCUT2D eigenvalue weighted by Gasteiger charge is -2.14. The second-order valence-electron chi connectivity index (χ2n) is 4.20. The molecule has 1 atom stereocenters. The largest absolute Gasteiger partial charge is 0.384 e. The van der Waals surface area contributed by atoms with Crippen LogP contribution >= 0.6 is 0 Å². The van der Waals surface area contributed by atoms with Crippen molar-refractivity contribution in [3.8, 4) is 0 Å². The minimum atomic E-state index is -0.835. The van der Waals surface area contributed by atoms with E-state index in [0.29, 0.717) is 11.1 Å². The topological polar surface area (TPSA) is 33.1 Å². The van der Waals surface area contributed by atoms with Gasteiger partial charge in [-0.15, -0.1) is 0 Å². The van der Waals surface area contributed by atoms with E-state index in [1.807, 2.05) is 19.9 Å². The fourth-order valence-corrected chi connectivity index (χ4v) is 1.81. The second-order valence-corrected chi connectivity index (χ2v) is 4.20. The summed E-state index contributed by atoms with van der Waals surface area (Å²) >= 11 is 0. The molecule has 0 aliphatic carbocycles. The maximum absolute atomic E-state index is 13.2.